The van der Waals surface area contributed by atoms with Crippen molar-refractivity contribution in [1.82, 2.24) is 9.88 Å². The first-order valence-corrected chi connectivity index (χ1v) is 7.78. The van der Waals surface area contributed by atoms with E-state index in [1.54, 1.807) is 13.8 Å². The van der Waals surface area contributed by atoms with E-state index in [4.69, 9.17) is 5.14 Å². The average molecular weight is 299 g/mol. The van der Waals surface area contributed by atoms with Crippen LogP contribution in [-0.4, -0.2) is 36.0 Å². The maximum absolute atomic E-state index is 11.9. The molecule has 1 amide bonds. The molecule has 1 aliphatic rings. The first kappa shape index (κ1) is 14.7. The summed E-state index contributed by atoms with van der Waals surface area (Å²) in [6.45, 7) is 3.70. The van der Waals surface area contributed by atoms with Gasteiger partial charge < -0.3 is 9.88 Å². The number of nitrogens with one attached hydrogen (secondary N) is 1. The number of amides is 1. The Morgan fingerprint density at radius 3 is 2.55 bits per heavy atom. The van der Waals surface area contributed by atoms with Gasteiger partial charge in [-0.2, -0.15) is 0 Å². The molecule has 1 aromatic heterocycles. The Kier molecular flexibility index (Phi) is 3.70. The van der Waals surface area contributed by atoms with Crippen molar-refractivity contribution in [3.63, 3.8) is 0 Å². The van der Waals surface area contributed by atoms with Gasteiger partial charge in [0.2, 0.25) is 15.9 Å². The number of sulfonamides is 1. The van der Waals surface area contributed by atoms with Gasteiger partial charge in [-0.05, 0) is 25.5 Å². The summed E-state index contributed by atoms with van der Waals surface area (Å²) < 4.78 is 22.6. The van der Waals surface area contributed by atoms with Crippen LogP contribution in [-0.2, 0) is 21.4 Å². The maximum Gasteiger partial charge on any atom is 0.253 e. The molecule has 2 heterocycles. The van der Waals surface area contributed by atoms with Crippen molar-refractivity contribution in [1.29, 1.82) is 0 Å². The van der Waals surface area contributed by atoms with Gasteiger partial charge in [0.05, 0.1) is 6.54 Å². The summed E-state index contributed by atoms with van der Waals surface area (Å²) >= 11 is 0. The molecule has 0 spiro atoms. The van der Waals surface area contributed by atoms with Crippen LogP contribution in [0.3, 0.4) is 0 Å². The number of H-pyrrole nitrogens is 1. The lowest BCUT2D eigenvalue weighted by molar-refractivity contribution is -0.128. The third-order valence-electron chi connectivity index (χ3n) is 3.49. The highest BCUT2D eigenvalue weighted by atomic mass is 32.2. The first-order valence-electron chi connectivity index (χ1n) is 6.17. The lowest BCUT2D eigenvalue weighted by Crippen LogP contribution is -2.33. The molecule has 20 heavy (non-hydrogen) atoms. The van der Waals surface area contributed by atoms with Crippen LogP contribution in [0.4, 0.5) is 0 Å². The smallest absolute Gasteiger partial charge is 0.253 e. The van der Waals surface area contributed by atoms with Gasteiger partial charge in [-0.1, -0.05) is 0 Å². The zero-order valence-electron chi connectivity index (χ0n) is 11.3. The van der Waals surface area contributed by atoms with Gasteiger partial charge in [-0.3, -0.25) is 9.59 Å². The van der Waals surface area contributed by atoms with Crippen LogP contribution < -0.4 is 10.7 Å². The molecule has 1 unspecified atom stereocenters. The highest BCUT2D eigenvalue weighted by Gasteiger charge is 2.36. The Balaban J connectivity index is 2.24. The Morgan fingerprint density at radius 2 is 2.05 bits per heavy atom. The fraction of sp³-hybridized carbons (Fsp3) is 0.500. The Hall–Kier alpha value is -1.67. The molecule has 1 saturated heterocycles. The summed E-state index contributed by atoms with van der Waals surface area (Å²) in [5, 5.41) is 4.17. The molecule has 2 rings (SSSR count). The molecule has 0 bridgehead atoms. The van der Waals surface area contributed by atoms with Gasteiger partial charge in [0.1, 0.15) is 5.25 Å². The van der Waals surface area contributed by atoms with Gasteiger partial charge >= 0.3 is 0 Å². The normalized spacial score (nSPS) is 19.6. The van der Waals surface area contributed by atoms with E-state index in [9.17, 15) is 18.0 Å². The summed E-state index contributed by atoms with van der Waals surface area (Å²) in [4.78, 5) is 27.8. The van der Waals surface area contributed by atoms with Crippen molar-refractivity contribution in [3.05, 3.63) is 33.2 Å². The highest BCUT2D eigenvalue weighted by Crippen LogP contribution is 2.19. The van der Waals surface area contributed by atoms with Crippen molar-refractivity contribution in [3.8, 4) is 0 Å². The van der Waals surface area contributed by atoms with Crippen LogP contribution >= 0.6 is 0 Å². The molecule has 0 radical (unpaired) electrons. The minimum absolute atomic E-state index is 0.0322. The zero-order chi connectivity index (χ0) is 15.1. The number of hydrogen-bond acceptors (Lipinski definition) is 4. The number of carbonyl (C=O) groups is 1. The van der Waals surface area contributed by atoms with E-state index in [2.05, 4.69) is 4.98 Å². The summed E-state index contributed by atoms with van der Waals surface area (Å²) in [6, 6.07) is 1.81. The number of rotatable bonds is 3. The number of likely N-dealkylation sites (tertiary alicyclic amines) is 1. The molecule has 3 N–H and O–H groups in total. The largest absolute Gasteiger partial charge is 0.337 e. The van der Waals surface area contributed by atoms with Gasteiger partial charge in [-0.25, -0.2) is 13.6 Å². The third kappa shape index (κ3) is 2.91. The Bertz CT molecular complexity index is 708. The van der Waals surface area contributed by atoms with E-state index < -0.39 is 15.3 Å². The Labute approximate surface area is 116 Å². The predicted molar refractivity (Wildman–Crippen MR) is 73.5 cm³/mol. The van der Waals surface area contributed by atoms with Crippen LogP contribution in [0.15, 0.2) is 10.9 Å². The molecule has 0 aliphatic carbocycles. The molecule has 8 heteroatoms. The fourth-order valence-corrected chi connectivity index (χ4v) is 3.14. The Morgan fingerprint density at radius 1 is 1.40 bits per heavy atom. The number of aromatic amines is 1. The van der Waals surface area contributed by atoms with E-state index in [0.29, 0.717) is 5.56 Å². The number of nitrogens with two attached hydrogens (primary N) is 1. The minimum atomic E-state index is -3.74. The second kappa shape index (κ2) is 5.02. The van der Waals surface area contributed by atoms with Crippen LogP contribution in [0.25, 0.3) is 0 Å². The number of carbonyl (C=O) groups excluding carboxylic acids is 1. The lowest BCUT2D eigenvalue weighted by Gasteiger charge is -2.17. The van der Waals surface area contributed by atoms with Crippen molar-refractivity contribution in [2.45, 2.75) is 32.1 Å². The van der Waals surface area contributed by atoms with Crippen LogP contribution in [0.5, 0.6) is 0 Å². The molecule has 1 aromatic rings. The van der Waals surface area contributed by atoms with E-state index in [-0.39, 0.29) is 31.0 Å². The first-order chi connectivity index (χ1) is 9.18. The number of nitrogens with zero attached hydrogens (tertiary/aromatic N) is 1. The van der Waals surface area contributed by atoms with E-state index >= 15 is 0 Å². The summed E-state index contributed by atoms with van der Waals surface area (Å²) in [5.41, 5.74) is 1.73. The standard InChI is InChI=1S/C12H17N3O4S/c1-7-3-8(2)14-12(17)10(7)6-15-5-9(4-11(15)16)20(13,18)19/h3,9H,4-6H2,1-2H3,(H,14,17)(H2,13,18,19). The molecular weight excluding hydrogens is 282 g/mol. The van der Waals surface area contributed by atoms with Crippen molar-refractivity contribution in [2.24, 2.45) is 5.14 Å². The molecule has 1 aliphatic heterocycles. The third-order valence-corrected chi connectivity index (χ3v) is 4.73. The van der Waals surface area contributed by atoms with Gasteiger partial charge in [0.15, 0.2) is 0 Å². The van der Waals surface area contributed by atoms with Gasteiger partial charge in [0.25, 0.3) is 5.56 Å². The molecule has 7 nitrogen and oxygen atoms in total. The maximum atomic E-state index is 11.9. The van der Waals surface area contributed by atoms with Crippen molar-refractivity contribution in [2.75, 3.05) is 6.54 Å². The van der Waals surface area contributed by atoms with Crippen molar-refractivity contribution < 1.29 is 13.2 Å². The van der Waals surface area contributed by atoms with Crippen LogP contribution in [0.2, 0.25) is 0 Å². The minimum Gasteiger partial charge on any atom is -0.337 e. The van der Waals surface area contributed by atoms with E-state index in [1.807, 2.05) is 6.07 Å². The van der Waals surface area contributed by atoms with Crippen LogP contribution in [0, 0.1) is 13.8 Å². The molecule has 1 atom stereocenters. The van der Waals surface area contributed by atoms with Crippen LogP contribution in [0.1, 0.15) is 23.2 Å². The van der Waals surface area contributed by atoms with E-state index in [0.717, 1.165) is 11.3 Å². The summed E-state index contributed by atoms with van der Waals surface area (Å²) in [5.74, 6) is -0.302. The van der Waals surface area contributed by atoms with Gasteiger partial charge in [-0.15, -0.1) is 0 Å². The molecule has 110 valence electrons. The molecule has 1 fully saturated rings. The van der Waals surface area contributed by atoms with Crippen molar-refractivity contribution >= 4 is 15.9 Å². The SMILES string of the molecule is Cc1cc(C)c(CN2CC(S(N)(=O)=O)CC2=O)c(=O)[nH]1. The molecule has 0 saturated carbocycles. The van der Waals surface area contributed by atoms with Gasteiger partial charge in [0, 0.05) is 24.2 Å². The molecule has 0 aromatic carbocycles. The fourth-order valence-electron chi connectivity index (χ4n) is 2.38. The summed E-state index contributed by atoms with van der Waals surface area (Å²) in [7, 11) is -3.74. The predicted octanol–water partition coefficient (Wildman–Crippen LogP) is -0.619. The average Bonchev–Trinajstić information content (AvgIpc) is 2.65. The lowest BCUT2D eigenvalue weighted by atomic mass is 10.1. The summed E-state index contributed by atoms with van der Waals surface area (Å²) in [6.07, 6.45) is -0.123. The number of aryl methyl sites for hydroxylation is 2. The quantitative estimate of drug-likeness (QED) is 0.774. The monoisotopic (exact) mass is 299 g/mol. The molecular formula is C12H17N3O4S. The highest BCUT2D eigenvalue weighted by molar-refractivity contribution is 7.89. The second-order valence-corrected chi connectivity index (χ2v) is 6.98. The number of aromatic nitrogens is 1. The number of primary sulfonamides is 1. The second-order valence-electron chi connectivity index (χ2n) is 5.13. The number of pyridine rings is 1. The zero-order valence-corrected chi connectivity index (χ0v) is 12.2. The topological polar surface area (TPSA) is 113 Å². The van der Waals surface area contributed by atoms with E-state index in [1.165, 1.54) is 4.90 Å². The number of hydrogen-bond donors (Lipinski definition) is 2.